The minimum atomic E-state index is -3.57. The van der Waals surface area contributed by atoms with Crippen LogP contribution in [-0.2, 0) is 14.8 Å². The maximum atomic E-state index is 12.4. The number of anilines is 1. The molecule has 1 amide bonds. The normalized spacial score (nSPS) is 12.7. The van der Waals surface area contributed by atoms with Crippen molar-refractivity contribution in [3.8, 4) is 5.75 Å². The molecule has 0 unspecified atom stereocenters. The van der Waals surface area contributed by atoms with Crippen molar-refractivity contribution in [2.75, 3.05) is 19.4 Å². The van der Waals surface area contributed by atoms with Crippen molar-refractivity contribution in [3.05, 3.63) is 54.1 Å². The molecule has 0 radical (unpaired) electrons. The van der Waals surface area contributed by atoms with E-state index in [0.717, 1.165) is 9.87 Å². The van der Waals surface area contributed by atoms with Crippen LogP contribution in [0.25, 0.3) is 0 Å². The maximum Gasteiger partial charge on any atom is 0.265 e. The third-order valence-electron chi connectivity index (χ3n) is 3.67. The third-order valence-corrected chi connectivity index (χ3v) is 5.48. The molecule has 0 saturated heterocycles. The van der Waals surface area contributed by atoms with Crippen molar-refractivity contribution < 1.29 is 17.9 Å². The highest BCUT2D eigenvalue weighted by molar-refractivity contribution is 7.89. The van der Waals surface area contributed by atoms with E-state index in [0.29, 0.717) is 11.4 Å². The summed E-state index contributed by atoms with van der Waals surface area (Å²) >= 11 is 0. The van der Waals surface area contributed by atoms with E-state index >= 15 is 0 Å². The zero-order valence-corrected chi connectivity index (χ0v) is 15.5. The first-order valence-corrected chi connectivity index (χ1v) is 9.21. The van der Waals surface area contributed by atoms with E-state index in [1.165, 1.54) is 26.2 Å². The number of hydrogen-bond acceptors (Lipinski definition) is 4. The molecule has 0 bridgehead atoms. The summed E-state index contributed by atoms with van der Waals surface area (Å²) in [6.45, 7) is 3.43. The molecular formula is C18H22N2O4S. The van der Waals surface area contributed by atoms with Crippen molar-refractivity contribution in [1.82, 2.24) is 4.31 Å². The van der Waals surface area contributed by atoms with Gasteiger partial charge < -0.3 is 10.1 Å². The number of amides is 1. The Morgan fingerprint density at radius 1 is 1.12 bits per heavy atom. The molecule has 1 atom stereocenters. The van der Waals surface area contributed by atoms with Gasteiger partial charge in [0.2, 0.25) is 10.0 Å². The number of benzene rings is 2. The van der Waals surface area contributed by atoms with Crippen LogP contribution in [0, 0.1) is 6.92 Å². The molecule has 2 aromatic rings. The molecule has 0 aromatic heterocycles. The fraction of sp³-hybridized carbons (Fsp3) is 0.278. The number of aryl methyl sites for hydroxylation is 1. The molecule has 134 valence electrons. The number of nitrogens with one attached hydrogen (secondary N) is 1. The van der Waals surface area contributed by atoms with E-state index in [9.17, 15) is 13.2 Å². The monoisotopic (exact) mass is 362 g/mol. The SMILES string of the molecule is Cc1ccc(S(=O)(=O)N(C)C)cc1NC(=O)[C@H](C)Oc1ccccc1. The molecule has 7 heteroatoms. The number of carbonyl (C=O) groups is 1. The molecule has 1 N–H and O–H groups in total. The average Bonchev–Trinajstić information content (AvgIpc) is 2.57. The molecular weight excluding hydrogens is 340 g/mol. The van der Waals surface area contributed by atoms with Crippen LogP contribution in [0.2, 0.25) is 0 Å². The first-order valence-electron chi connectivity index (χ1n) is 7.77. The summed E-state index contributed by atoms with van der Waals surface area (Å²) in [5, 5.41) is 2.73. The smallest absolute Gasteiger partial charge is 0.265 e. The number of nitrogens with zero attached hydrogens (tertiary/aromatic N) is 1. The molecule has 2 rings (SSSR count). The van der Waals surface area contributed by atoms with Crippen LogP contribution in [-0.4, -0.2) is 38.8 Å². The summed E-state index contributed by atoms with van der Waals surface area (Å²) in [6, 6.07) is 13.7. The van der Waals surface area contributed by atoms with Gasteiger partial charge in [0.25, 0.3) is 5.91 Å². The number of carbonyl (C=O) groups excluding carboxylic acids is 1. The van der Waals surface area contributed by atoms with Gasteiger partial charge in [-0.05, 0) is 43.7 Å². The van der Waals surface area contributed by atoms with Gasteiger partial charge in [-0.15, -0.1) is 0 Å². The summed E-state index contributed by atoms with van der Waals surface area (Å²) in [7, 11) is -0.647. The Morgan fingerprint density at radius 3 is 2.36 bits per heavy atom. The van der Waals surface area contributed by atoms with Crippen LogP contribution in [0.1, 0.15) is 12.5 Å². The van der Waals surface area contributed by atoms with Gasteiger partial charge in [-0.3, -0.25) is 4.79 Å². The zero-order valence-electron chi connectivity index (χ0n) is 14.7. The van der Waals surface area contributed by atoms with Crippen LogP contribution in [0.5, 0.6) is 5.75 Å². The van der Waals surface area contributed by atoms with Gasteiger partial charge in [0.05, 0.1) is 4.90 Å². The number of hydrogen-bond donors (Lipinski definition) is 1. The second-order valence-electron chi connectivity index (χ2n) is 5.83. The van der Waals surface area contributed by atoms with E-state index in [1.807, 2.05) is 18.2 Å². The fourth-order valence-electron chi connectivity index (χ4n) is 2.10. The van der Waals surface area contributed by atoms with Gasteiger partial charge in [0, 0.05) is 19.8 Å². The predicted molar refractivity (Wildman–Crippen MR) is 97.2 cm³/mol. The van der Waals surface area contributed by atoms with E-state index in [4.69, 9.17) is 4.74 Å². The van der Waals surface area contributed by atoms with Crippen molar-refractivity contribution in [1.29, 1.82) is 0 Å². The fourth-order valence-corrected chi connectivity index (χ4v) is 3.03. The van der Waals surface area contributed by atoms with Crippen molar-refractivity contribution >= 4 is 21.6 Å². The quantitative estimate of drug-likeness (QED) is 0.857. The molecule has 0 aliphatic rings. The first kappa shape index (κ1) is 19.0. The molecule has 6 nitrogen and oxygen atoms in total. The van der Waals surface area contributed by atoms with Crippen LogP contribution < -0.4 is 10.1 Å². The largest absolute Gasteiger partial charge is 0.481 e. The van der Waals surface area contributed by atoms with Crippen molar-refractivity contribution in [2.24, 2.45) is 0 Å². The van der Waals surface area contributed by atoms with Crippen LogP contribution >= 0.6 is 0 Å². The molecule has 25 heavy (non-hydrogen) atoms. The van der Waals surface area contributed by atoms with E-state index in [1.54, 1.807) is 32.0 Å². The van der Waals surface area contributed by atoms with Crippen molar-refractivity contribution in [3.63, 3.8) is 0 Å². The van der Waals surface area contributed by atoms with Gasteiger partial charge in [0.15, 0.2) is 6.10 Å². The highest BCUT2D eigenvalue weighted by Crippen LogP contribution is 2.22. The Kier molecular flexibility index (Phi) is 5.81. The second-order valence-corrected chi connectivity index (χ2v) is 7.98. The standard InChI is InChI=1S/C18H22N2O4S/c1-13-10-11-16(25(22,23)20(3)4)12-17(13)19-18(21)14(2)24-15-8-6-5-7-9-15/h5-12,14H,1-4H3,(H,19,21)/t14-/m0/s1. The molecule has 0 heterocycles. The minimum Gasteiger partial charge on any atom is -0.481 e. The summed E-state index contributed by atoms with van der Waals surface area (Å²) in [5.41, 5.74) is 1.20. The Labute approximate surface area is 148 Å². The average molecular weight is 362 g/mol. The zero-order chi connectivity index (χ0) is 18.6. The molecule has 2 aromatic carbocycles. The molecule has 0 spiro atoms. The summed E-state index contributed by atoms with van der Waals surface area (Å²) < 4.78 is 31.2. The lowest BCUT2D eigenvalue weighted by Gasteiger charge is -2.17. The number of ether oxygens (including phenoxy) is 1. The second kappa shape index (κ2) is 7.67. The minimum absolute atomic E-state index is 0.120. The van der Waals surface area contributed by atoms with Gasteiger partial charge in [-0.1, -0.05) is 24.3 Å². The lowest BCUT2D eigenvalue weighted by atomic mass is 10.2. The van der Waals surface area contributed by atoms with E-state index in [2.05, 4.69) is 5.32 Å². The lowest BCUT2D eigenvalue weighted by molar-refractivity contribution is -0.122. The van der Waals surface area contributed by atoms with E-state index < -0.39 is 16.1 Å². The lowest BCUT2D eigenvalue weighted by Crippen LogP contribution is -2.30. The van der Waals surface area contributed by atoms with Crippen molar-refractivity contribution in [2.45, 2.75) is 24.8 Å². The summed E-state index contributed by atoms with van der Waals surface area (Å²) in [5.74, 6) is 0.233. The Balaban J connectivity index is 2.17. The number of sulfonamides is 1. The molecule has 0 fully saturated rings. The maximum absolute atomic E-state index is 12.4. The van der Waals surface area contributed by atoms with Crippen LogP contribution in [0.3, 0.4) is 0 Å². The topological polar surface area (TPSA) is 75.7 Å². The highest BCUT2D eigenvalue weighted by Gasteiger charge is 2.20. The van der Waals surface area contributed by atoms with Gasteiger partial charge >= 0.3 is 0 Å². The van der Waals surface area contributed by atoms with Gasteiger partial charge in [-0.25, -0.2) is 12.7 Å². The Morgan fingerprint density at radius 2 is 1.76 bits per heavy atom. The van der Waals surface area contributed by atoms with E-state index in [-0.39, 0.29) is 10.8 Å². The summed E-state index contributed by atoms with van der Waals surface area (Å²) in [6.07, 6.45) is -0.726. The van der Waals surface area contributed by atoms with Gasteiger partial charge in [0.1, 0.15) is 5.75 Å². The number of para-hydroxylation sites is 1. The highest BCUT2D eigenvalue weighted by atomic mass is 32.2. The third kappa shape index (κ3) is 4.58. The number of rotatable bonds is 6. The predicted octanol–water partition coefficient (Wildman–Crippen LogP) is 2.65. The van der Waals surface area contributed by atoms with Gasteiger partial charge in [-0.2, -0.15) is 0 Å². The van der Waals surface area contributed by atoms with Crippen LogP contribution in [0.15, 0.2) is 53.4 Å². The molecule has 0 aliphatic carbocycles. The molecule has 0 aliphatic heterocycles. The summed E-state index contributed by atoms with van der Waals surface area (Å²) in [4.78, 5) is 12.5. The Hall–Kier alpha value is -2.38. The Bertz CT molecular complexity index is 849. The first-order chi connectivity index (χ1) is 11.7. The molecule has 0 saturated carbocycles. The van der Waals surface area contributed by atoms with Crippen LogP contribution in [0.4, 0.5) is 5.69 Å².